The van der Waals surface area contributed by atoms with Crippen LogP contribution in [-0.4, -0.2) is 60.7 Å². The summed E-state index contributed by atoms with van der Waals surface area (Å²) in [5.74, 6) is -0.0463. The number of rotatable bonds is 6. The van der Waals surface area contributed by atoms with Gasteiger partial charge in [0, 0.05) is 37.2 Å². The Balaban J connectivity index is 1.69. The molecule has 1 unspecified atom stereocenters. The molecule has 2 aliphatic heterocycles. The molecular formula is C22H32N2O3. The van der Waals surface area contributed by atoms with Gasteiger partial charge in [-0.25, -0.2) is 0 Å². The molecule has 27 heavy (non-hydrogen) atoms. The van der Waals surface area contributed by atoms with E-state index < -0.39 is 5.97 Å². The number of para-hydroxylation sites is 1. The number of nitrogens with zero attached hydrogens (tertiary/aromatic N) is 2. The van der Waals surface area contributed by atoms with Crippen molar-refractivity contribution in [3.8, 4) is 5.75 Å². The van der Waals surface area contributed by atoms with Crippen LogP contribution in [0.1, 0.15) is 32.3 Å². The molecule has 1 aromatic carbocycles. The van der Waals surface area contributed by atoms with E-state index in [1.165, 1.54) is 5.57 Å². The van der Waals surface area contributed by atoms with Gasteiger partial charge in [0.05, 0.1) is 13.0 Å². The SMILES string of the molecule is COc1ccccc1CN1CC(C(=O)O)C2(CCN(CC=C(C)C)CC2)C1. The Hall–Kier alpha value is -1.85. The van der Waals surface area contributed by atoms with E-state index in [0.717, 1.165) is 56.9 Å². The lowest BCUT2D eigenvalue weighted by Gasteiger charge is -2.41. The summed E-state index contributed by atoms with van der Waals surface area (Å²) in [5.41, 5.74) is 2.36. The highest BCUT2D eigenvalue weighted by Crippen LogP contribution is 2.45. The number of carbonyl (C=O) groups is 1. The van der Waals surface area contributed by atoms with Crippen molar-refractivity contribution < 1.29 is 14.6 Å². The first kappa shape index (κ1) is 19.9. The lowest BCUT2D eigenvalue weighted by atomic mass is 9.71. The number of piperidine rings is 1. The predicted octanol–water partition coefficient (Wildman–Crippen LogP) is 3.26. The lowest BCUT2D eigenvalue weighted by Crippen LogP contribution is -2.46. The summed E-state index contributed by atoms with van der Waals surface area (Å²) in [7, 11) is 1.69. The van der Waals surface area contributed by atoms with Crippen LogP contribution in [0.4, 0.5) is 0 Å². The van der Waals surface area contributed by atoms with E-state index in [9.17, 15) is 9.90 Å². The fraction of sp³-hybridized carbons (Fsp3) is 0.591. The molecule has 1 N–H and O–H groups in total. The van der Waals surface area contributed by atoms with Crippen molar-refractivity contribution in [1.82, 2.24) is 9.80 Å². The molecule has 2 aliphatic rings. The highest BCUT2D eigenvalue weighted by atomic mass is 16.5. The minimum atomic E-state index is -0.643. The lowest BCUT2D eigenvalue weighted by molar-refractivity contribution is -0.145. The average Bonchev–Trinajstić information content (AvgIpc) is 2.99. The van der Waals surface area contributed by atoms with Gasteiger partial charge in [0.1, 0.15) is 5.75 Å². The summed E-state index contributed by atoms with van der Waals surface area (Å²) in [6.45, 7) is 9.42. The summed E-state index contributed by atoms with van der Waals surface area (Å²) in [4.78, 5) is 16.8. The van der Waals surface area contributed by atoms with Crippen LogP contribution in [0.15, 0.2) is 35.9 Å². The van der Waals surface area contributed by atoms with Gasteiger partial charge in [0.2, 0.25) is 0 Å². The van der Waals surface area contributed by atoms with E-state index >= 15 is 0 Å². The summed E-state index contributed by atoms with van der Waals surface area (Å²) >= 11 is 0. The molecule has 0 aliphatic carbocycles. The highest BCUT2D eigenvalue weighted by Gasteiger charge is 2.51. The standard InChI is InChI=1S/C22H32N2O3/c1-17(2)8-11-23-12-9-22(10-13-23)16-24(15-19(22)21(25)26)14-18-6-4-5-7-20(18)27-3/h4-8,19H,9-16H2,1-3H3,(H,25,26). The van der Waals surface area contributed by atoms with Crippen molar-refractivity contribution in [1.29, 1.82) is 0 Å². The molecule has 0 aromatic heterocycles. The van der Waals surface area contributed by atoms with E-state index in [4.69, 9.17) is 4.74 Å². The molecule has 0 saturated carbocycles. The zero-order valence-electron chi connectivity index (χ0n) is 16.8. The minimum absolute atomic E-state index is 0.102. The van der Waals surface area contributed by atoms with Crippen molar-refractivity contribution >= 4 is 5.97 Å². The van der Waals surface area contributed by atoms with Crippen molar-refractivity contribution in [3.05, 3.63) is 41.5 Å². The van der Waals surface area contributed by atoms with Crippen LogP contribution < -0.4 is 4.74 Å². The first-order chi connectivity index (χ1) is 12.9. The summed E-state index contributed by atoms with van der Waals surface area (Å²) in [5, 5.41) is 9.88. The molecule has 1 aromatic rings. The van der Waals surface area contributed by atoms with Gasteiger partial charge in [0.25, 0.3) is 0 Å². The van der Waals surface area contributed by atoms with Gasteiger partial charge >= 0.3 is 5.97 Å². The molecule has 0 bridgehead atoms. The zero-order chi connectivity index (χ0) is 19.4. The number of carboxylic acid groups (broad SMARTS) is 1. The third-order valence-electron chi connectivity index (χ3n) is 6.21. The normalized spacial score (nSPS) is 22.7. The van der Waals surface area contributed by atoms with Crippen LogP contribution in [0.25, 0.3) is 0 Å². The van der Waals surface area contributed by atoms with E-state index in [2.05, 4.69) is 35.8 Å². The molecule has 2 fully saturated rings. The predicted molar refractivity (Wildman–Crippen MR) is 107 cm³/mol. The Morgan fingerprint density at radius 1 is 1.26 bits per heavy atom. The first-order valence-corrected chi connectivity index (χ1v) is 9.86. The number of carboxylic acids is 1. The van der Waals surface area contributed by atoms with E-state index in [1.54, 1.807) is 7.11 Å². The largest absolute Gasteiger partial charge is 0.496 e. The fourth-order valence-electron chi connectivity index (χ4n) is 4.61. The number of aliphatic carboxylic acids is 1. The summed E-state index contributed by atoms with van der Waals surface area (Å²) in [6, 6.07) is 8.02. The van der Waals surface area contributed by atoms with E-state index in [-0.39, 0.29) is 11.3 Å². The third kappa shape index (κ3) is 4.53. The zero-order valence-corrected chi connectivity index (χ0v) is 16.8. The maximum Gasteiger partial charge on any atom is 0.308 e. The molecule has 1 spiro atoms. The molecular weight excluding hydrogens is 340 g/mol. The maximum absolute atomic E-state index is 12.0. The number of hydrogen-bond acceptors (Lipinski definition) is 4. The smallest absolute Gasteiger partial charge is 0.308 e. The van der Waals surface area contributed by atoms with Crippen LogP contribution in [0.3, 0.4) is 0 Å². The molecule has 1 atom stereocenters. The minimum Gasteiger partial charge on any atom is -0.496 e. The maximum atomic E-state index is 12.0. The third-order valence-corrected chi connectivity index (χ3v) is 6.21. The van der Waals surface area contributed by atoms with Crippen LogP contribution in [0.2, 0.25) is 0 Å². The van der Waals surface area contributed by atoms with Crippen LogP contribution in [-0.2, 0) is 11.3 Å². The second-order valence-corrected chi connectivity index (χ2v) is 8.32. The van der Waals surface area contributed by atoms with Crippen LogP contribution in [0.5, 0.6) is 5.75 Å². The Bertz CT molecular complexity index is 689. The Morgan fingerprint density at radius 3 is 2.59 bits per heavy atom. The van der Waals surface area contributed by atoms with Gasteiger partial charge in [-0.3, -0.25) is 14.6 Å². The highest BCUT2D eigenvalue weighted by molar-refractivity contribution is 5.72. The molecule has 0 amide bonds. The monoisotopic (exact) mass is 372 g/mol. The second kappa shape index (κ2) is 8.44. The molecule has 2 saturated heterocycles. The van der Waals surface area contributed by atoms with Gasteiger partial charge < -0.3 is 9.84 Å². The number of allylic oxidation sites excluding steroid dienone is 1. The number of likely N-dealkylation sites (tertiary alicyclic amines) is 2. The fourth-order valence-corrected chi connectivity index (χ4v) is 4.61. The van der Waals surface area contributed by atoms with Crippen molar-refractivity contribution in [3.63, 3.8) is 0 Å². The number of hydrogen-bond donors (Lipinski definition) is 1. The van der Waals surface area contributed by atoms with Crippen molar-refractivity contribution in [2.24, 2.45) is 11.3 Å². The Labute approximate surface area is 162 Å². The Kier molecular flexibility index (Phi) is 6.22. The average molecular weight is 373 g/mol. The number of methoxy groups -OCH3 is 1. The molecule has 5 heteroatoms. The number of ether oxygens (including phenoxy) is 1. The van der Waals surface area contributed by atoms with Crippen molar-refractivity contribution in [2.45, 2.75) is 33.2 Å². The van der Waals surface area contributed by atoms with Gasteiger partial charge in [-0.15, -0.1) is 0 Å². The molecule has 5 nitrogen and oxygen atoms in total. The number of benzene rings is 1. The molecule has 148 valence electrons. The quantitative estimate of drug-likeness (QED) is 0.777. The first-order valence-electron chi connectivity index (χ1n) is 9.86. The summed E-state index contributed by atoms with van der Waals surface area (Å²) < 4.78 is 5.47. The topological polar surface area (TPSA) is 53.0 Å². The van der Waals surface area contributed by atoms with Gasteiger partial charge in [-0.2, -0.15) is 0 Å². The Morgan fingerprint density at radius 2 is 1.96 bits per heavy atom. The van der Waals surface area contributed by atoms with E-state index in [0.29, 0.717) is 6.54 Å². The second-order valence-electron chi connectivity index (χ2n) is 8.32. The molecule has 3 rings (SSSR count). The molecule has 0 radical (unpaired) electrons. The van der Waals surface area contributed by atoms with Crippen LogP contribution in [0, 0.1) is 11.3 Å². The van der Waals surface area contributed by atoms with Gasteiger partial charge in [-0.05, 0) is 45.8 Å². The van der Waals surface area contributed by atoms with Crippen molar-refractivity contribution in [2.75, 3.05) is 39.8 Å². The van der Waals surface area contributed by atoms with E-state index in [1.807, 2.05) is 18.2 Å². The van der Waals surface area contributed by atoms with Crippen LogP contribution >= 0.6 is 0 Å². The summed E-state index contributed by atoms with van der Waals surface area (Å²) in [6.07, 6.45) is 4.18. The van der Waals surface area contributed by atoms with Gasteiger partial charge in [0.15, 0.2) is 0 Å². The molecule has 2 heterocycles. The van der Waals surface area contributed by atoms with Gasteiger partial charge in [-0.1, -0.05) is 29.8 Å².